The number of hydrogen-bond acceptors (Lipinski definition) is 2. The second-order valence-corrected chi connectivity index (χ2v) is 5.09. The average molecular weight is 313 g/mol. The van der Waals surface area contributed by atoms with Gasteiger partial charge in [0.05, 0.1) is 7.11 Å². The summed E-state index contributed by atoms with van der Waals surface area (Å²) in [5.74, 6) is 0.896. The zero-order valence-electron chi connectivity index (χ0n) is 12.6. The quantitative estimate of drug-likeness (QED) is 0.763. The molecule has 0 bridgehead atoms. The number of methoxy groups -OCH3 is 1. The highest BCUT2D eigenvalue weighted by molar-refractivity contribution is 5.85. The fourth-order valence-corrected chi connectivity index (χ4v) is 2.53. The first kappa shape index (κ1) is 16.3. The molecule has 0 saturated heterocycles. The van der Waals surface area contributed by atoms with E-state index in [1.807, 2.05) is 12.1 Å². The Balaban J connectivity index is 0.00000176. The molecule has 0 radical (unpaired) electrons. The third-order valence-corrected chi connectivity index (χ3v) is 3.68. The van der Waals surface area contributed by atoms with E-state index >= 15 is 0 Å². The van der Waals surface area contributed by atoms with Crippen molar-refractivity contribution in [1.29, 1.82) is 0 Å². The van der Waals surface area contributed by atoms with Gasteiger partial charge in [-0.1, -0.05) is 54.6 Å². The van der Waals surface area contributed by atoms with Gasteiger partial charge in [-0.05, 0) is 34.0 Å². The second-order valence-electron chi connectivity index (χ2n) is 5.09. The zero-order valence-corrected chi connectivity index (χ0v) is 13.3. The summed E-state index contributed by atoms with van der Waals surface area (Å²) < 4.78 is 5.17. The summed E-state index contributed by atoms with van der Waals surface area (Å²) in [7, 11) is 1.69. The van der Waals surface area contributed by atoms with Crippen LogP contribution >= 0.6 is 0 Å². The van der Waals surface area contributed by atoms with Crippen molar-refractivity contribution in [2.24, 2.45) is 0 Å². The molecule has 0 aromatic heterocycles. The van der Waals surface area contributed by atoms with E-state index in [4.69, 9.17) is 4.74 Å². The molecule has 1 N–H and O–H groups in total. The van der Waals surface area contributed by atoms with E-state index in [2.05, 4.69) is 59.9 Å². The molecule has 3 heteroatoms. The molecule has 3 rings (SSSR count). The van der Waals surface area contributed by atoms with Gasteiger partial charge >= 0.3 is 0 Å². The highest BCUT2D eigenvalue weighted by Crippen LogP contribution is 2.18. The molecule has 0 atom stereocenters. The van der Waals surface area contributed by atoms with Crippen LogP contribution in [-0.4, -0.2) is 7.11 Å². The molecule has 0 aliphatic carbocycles. The number of benzene rings is 3. The third kappa shape index (κ3) is 3.79. The van der Waals surface area contributed by atoms with Crippen molar-refractivity contribution in [1.82, 2.24) is 5.32 Å². The summed E-state index contributed by atoms with van der Waals surface area (Å²) in [6.45, 7) is 1.72. The van der Waals surface area contributed by atoms with E-state index < -0.39 is 0 Å². The maximum absolute atomic E-state index is 5.17. The van der Waals surface area contributed by atoms with Crippen LogP contribution in [0.15, 0.2) is 66.7 Å². The van der Waals surface area contributed by atoms with Gasteiger partial charge in [-0.2, -0.15) is 0 Å². The summed E-state index contributed by atoms with van der Waals surface area (Å²) in [5.41, 5.74) is 2.60. The highest BCUT2D eigenvalue weighted by Gasteiger charge is 2.00. The lowest BCUT2D eigenvalue weighted by atomic mass is 10.0. The van der Waals surface area contributed by atoms with Gasteiger partial charge < -0.3 is 22.5 Å². The predicted molar refractivity (Wildman–Crippen MR) is 87.5 cm³/mol. The molecule has 22 heavy (non-hydrogen) atoms. The van der Waals surface area contributed by atoms with E-state index in [9.17, 15) is 0 Å². The highest BCUT2D eigenvalue weighted by atomic mass is 35.5. The second kappa shape index (κ2) is 7.83. The lowest BCUT2D eigenvalue weighted by molar-refractivity contribution is -0.00000449. The number of halogens is 1. The van der Waals surface area contributed by atoms with Gasteiger partial charge in [0.15, 0.2) is 0 Å². The molecular weight excluding hydrogens is 294 g/mol. The van der Waals surface area contributed by atoms with Gasteiger partial charge in [0.25, 0.3) is 0 Å². The maximum atomic E-state index is 5.17. The van der Waals surface area contributed by atoms with Gasteiger partial charge in [0.1, 0.15) is 5.75 Å². The lowest BCUT2D eigenvalue weighted by Gasteiger charge is -2.09. The van der Waals surface area contributed by atoms with Crippen LogP contribution in [0.4, 0.5) is 0 Å². The molecule has 0 unspecified atom stereocenters. The third-order valence-electron chi connectivity index (χ3n) is 3.68. The van der Waals surface area contributed by atoms with Crippen LogP contribution in [0.1, 0.15) is 11.1 Å². The molecule has 114 valence electrons. The Morgan fingerprint density at radius 1 is 0.818 bits per heavy atom. The predicted octanol–water partition coefficient (Wildman–Crippen LogP) is 1.14. The van der Waals surface area contributed by atoms with Crippen molar-refractivity contribution in [3.05, 3.63) is 77.9 Å². The Hall–Kier alpha value is -2.03. The zero-order chi connectivity index (χ0) is 14.5. The number of hydrogen-bond donors (Lipinski definition) is 1. The molecule has 0 amide bonds. The number of rotatable bonds is 5. The Morgan fingerprint density at radius 2 is 1.55 bits per heavy atom. The smallest absolute Gasteiger partial charge is 0.118 e. The minimum absolute atomic E-state index is 0. The summed E-state index contributed by atoms with van der Waals surface area (Å²) in [5, 5.41) is 6.12. The number of ether oxygens (including phenoxy) is 1. The summed E-state index contributed by atoms with van der Waals surface area (Å²) in [4.78, 5) is 0. The van der Waals surface area contributed by atoms with E-state index in [0.717, 1.165) is 18.8 Å². The number of nitrogens with one attached hydrogen (secondary N) is 1. The maximum Gasteiger partial charge on any atom is 0.118 e. The first-order chi connectivity index (χ1) is 10.4. The molecule has 0 spiro atoms. The Morgan fingerprint density at radius 3 is 2.32 bits per heavy atom. The van der Waals surface area contributed by atoms with Crippen LogP contribution in [0.3, 0.4) is 0 Å². The van der Waals surface area contributed by atoms with Gasteiger partial charge in [-0.3, -0.25) is 0 Å². The first-order valence-electron chi connectivity index (χ1n) is 7.17. The van der Waals surface area contributed by atoms with Crippen LogP contribution in [0.25, 0.3) is 10.8 Å². The molecule has 0 fully saturated rings. The molecule has 0 aliphatic heterocycles. The Bertz CT molecular complexity index is 720. The molecule has 3 aromatic rings. The molecule has 3 aromatic carbocycles. The molecular formula is C19H19ClNO-. The number of fused-ring (bicyclic) bond motifs is 1. The molecule has 2 nitrogen and oxygen atoms in total. The fraction of sp³-hybridized carbons (Fsp3) is 0.158. The summed E-state index contributed by atoms with van der Waals surface area (Å²) in [6.07, 6.45) is 0. The van der Waals surface area contributed by atoms with Gasteiger partial charge in [0, 0.05) is 13.1 Å². The van der Waals surface area contributed by atoms with Crippen molar-refractivity contribution >= 4 is 10.8 Å². The minimum Gasteiger partial charge on any atom is -1.00 e. The lowest BCUT2D eigenvalue weighted by Crippen LogP contribution is -3.00. The largest absolute Gasteiger partial charge is 1.00 e. The fourth-order valence-electron chi connectivity index (χ4n) is 2.53. The SMILES string of the molecule is COc1ccc(CNCc2cccc3ccccc23)cc1.[Cl-]. The van der Waals surface area contributed by atoms with Crippen molar-refractivity contribution < 1.29 is 17.1 Å². The summed E-state index contributed by atoms with van der Waals surface area (Å²) in [6, 6.07) is 23.1. The van der Waals surface area contributed by atoms with E-state index in [-0.39, 0.29) is 12.4 Å². The van der Waals surface area contributed by atoms with Crippen LogP contribution in [0.2, 0.25) is 0 Å². The molecule has 0 heterocycles. The van der Waals surface area contributed by atoms with Gasteiger partial charge in [-0.25, -0.2) is 0 Å². The first-order valence-corrected chi connectivity index (χ1v) is 7.17. The Kier molecular flexibility index (Phi) is 5.82. The van der Waals surface area contributed by atoms with Gasteiger partial charge in [-0.15, -0.1) is 0 Å². The normalized spacial score (nSPS) is 10.2. The van der Waals surface area contributed by atoms with Crippen molar-refractivity contribution in [2.75, 3.05) is 7.11 Å². The van der Waals surface area contributed by atoms with Crippen molar-refractivity contribution in [3.63, 3.8) is 0 Å². The van der Waals surface area contributed by atoms with E-state index in [1.54, 1.807) is 7.11 Å². The standard InChI is InChI=1S/C19H19NO.ClH/c1-21-18-11-9-15(10-12-18)13-20-14-17-7-4-6-16-5-2-3-8-19(16)17;/h2-12,20H,13-14H2,1H3;1H/p-1. The monoisotopic (exact) mass is 312 g/mol. The van der Waals surface area contributed by atoms with E-state index in [1.165, 1.54) is 21.9 Å². The van der Waals surface area contributed by atoms with Crippen LogP contribution < -0.4 is 22.5 Å². The van der Waals surface area contributed by atoms with E-state index in [0.29, 0.717) is 0 Å². The topological polar surface area (TPSA) is 21.3 Å². The summed E-state index contributed by atoms with van der Waals surface area (Å²) >= 11 is 0. The van der Waals surface area contributed by atoms with Crippen LogP contribution in [0, 0.1) is 0 Å². The van der Waals surface area contributed by atoms with Crippen molar-refractivity contribution in [3.8, 4) is 5.75 Å². The van der Waals surface area contributed by atoms with Gasteiger partial charge in [0.2, 0.25) is 0 Å². The Labute approximate surface area is 137 Å². The van der Waals surface area contributed by atoms with Crippen molar-refractivity contribution in [2.45, 2.75) is 13.1 Å². The van der Waals surface area contributed by atoms with Crippen LogP contribution in [-0.2, 0) is 13.1 Å². The average Bonchev–Trinajstić information content (AvgIpc) is 2.56. The van der Waals surface area contributed by atoms with Crippen LogP contribution in [0.5, 0.6) is 5.75 Å². The minimum atomic E-state index is 0. The molecule has 0 saturated carbocycles. The molecule has 0 aliphatic rings.